The third-order valence-corrected chi connectivity index (χ3v) is 8.07. The van der Waals surface area contributed by atoms with Crippen molar-refractivity contribution in [2.24, 2.45) is 0 Å². The van der Waals surface area contributed by atoms with Crippen molar-refractivity contribution in [3.63, 3.8) is 0 Å². The van der Waals surface area contributed by atoms with E-state index >= 15 is 0 Å². The van der Waals surface area contributed by atoms with Crippen molar-refractivity contribution in [3.05, 3.63) is 64.2 Å². The van der Waals surface area contributed by atoms with Gasteiger partial charge in [-0.1, -0.05) is 19.3 Å². The first kappa shape index (κ1) is 23.3. The molecule has 0 saturated heterocycles. The Morgan fingerprint density at radius 2 is 1.64 bits per heavy atom. The summed E-state index contributed by atoms with van der Waals surface area (Å²) in [5.41, 5.74) is 0.517. The highest BCUT2D eigenvalue weighted by Gasteiger charge is 2.33. The van der Waals surface area contributed by atoms with Crippen LogP contribution in [0.4, 0.5) is 4.39 Å². The Balaban J connectivity index is 1.77. The molecule has 1 heterocycles. The van der Waals surface area contributed by atoms with Gasteiger partial charge in [0.1, 0.15) is 5.82 Å². The molecular weight excluding hydrogens is 447 g/mol. The number of methoxy groups -OCH3 is 2. The average Bonchev–Trinajstić information content (AvgIpc) is 2.82. The van der Waals surface area contributed by atoms with Gasteiger partial charge in [-0.3, -0.25) is 4.79 Å². The molecule has 0 radical (unpaired) electrons. The highest BCUT2D eigenvalue weighted by molar-refractivity contribution is 7.89. The Kier molecular flexibility index (Phi) is 6.71. The van der Waals surface area contributed by atoms with Crippen LogP contribution in [0, 0.1) is 5.82 Å². The molecule has 9 heteroatoms. The molecule has 0 aliphatic heterocycles. The fourth-order valence-corrected chi connectivity index (χ4v) is 6.05. The minimum absolute atomic E-state index is 0.0121. The molecule has 0 amide bonds. The van der Waals surface area contributed by atoms with Gasteiger partial charge in [-0.25, -0.2) is 12.8 Å². The van der Waals surface area contributed by atoms with Gasteiger partial charge in [-0.05, 0) is 49.2 Å². The Morgan fingerprint density at radius 3 is 2.27 bits per heavy atom. The maximum absolute atomic E-state index is 13.6. The molecule has 1 aromatic heterocycles. The van der Waals surface area contributed by atoms with Crippen LogP contribution in [0.5, 0.6) is 11.5 Å². The van der Waals surface area contributed by atoms with E-state index in [1.807, 2.05) is 0 Å². The van der Waals surface area contributed by atoms with Crippen LogP contribution in [-0.4, -0.2) is 38.0 Å². The van der Waals surface area contributed by atoms with E-state index in [9.17, 15) is 17.6 Å². The van der Waals surface area contributed by atoms with Gasteiger partial charge >= 0.3 is 0 Å². The Hall–Kier alpha value is -2.91. The number of ether oxygens (including phenoxy) is 2. The normalized spacial score (nSPS) is 15.2. The number of nitrogens with zero attached hydrogens (tertiary/aromatic N) is 1. The Bertz CT molecular complexity index is 1300. The van der Waals surface area contributed by atoms with E-state index in [0.29, 0.717) is 28.0 Å². The third-order valence-electron chi connectivity index (χ3n) is 6.15. The topological polar surface area (TPSA) is 88.7 Å². The van der Waals surface area contributed by atoms with Crippen molar-refractivity contribution in [2.45, 2.75) is 49.6 Å². The molecule has 1 saturated carbocycles. The summed E-state index contributed by atoms with van der Waals surface area (Å²) in [5, 5.41) is 0.699. The standard InChI is InChI=1S/C24H27FN2O5S/c1-31-22-13-16-12-17(24(28)26-21(16)14-23(22)32-2)15-27(19-6-4-3-5-7-19)33(29,30)20-10-8-18(25)9-11-20/h8-14,19H,3-7,15H2,1-2H3,(H,26,28). The van der Waals surface area contributed by atoms with Crippen LogP contribution in [0.1, 0.15) is 37.7 Å². The van der Waals surface area contributed by atoms with Crippen LogP contribution >= 0.6 is 0 Å². The number of halogens is 1. The van der Waals surface area contributed by atoms with E-state index < -0.39 is 15.8 Å². The average molecular weight is 475 g/mol. The molecule has 0 bridgehead atoms. The van der Waals surface area contributed by atoms with E-state index in [1.165, 1.54) is 30.7 Å². The van der Waals surface area contributed by atoms with E-state index in [4.69, 9.17) is 9.47 Å². The summed E-state index contributed by atoms with van der Waals surface area (Å²) >= 11 is 0. The van der Waals surface area contributed by atoms with E-state index in [1.54, 1.807) is 18.2 Å². The molecule has 0 spiro atoms. The zero-order valence-corrected chi connectivity index (χ0v) is 19.5. The van der Waals surface area contributed by atoms with Gasteiger partial charge < -0.3 is 14.5 Å². The van der Waals surface area contributed by atoms with E-state index in [0.717, 1.165) is 44.2 Å². The number of benzene rings is 2. The van der Waals surface area contributed by atoms with Crippen molar-refractivity contribution in [2.75, 3.05) is 14.2 Å². The van der Waals surface area contributed by atoms with Gasteiger partial charge in [0.05, 0.1) is 24.6 Å². The molecule has 4 rings (SSSR count). The van der Waals surface area contributed by atoms with Gasteiger partial charge in [0.25, 0.3) is 5.56 Å². The van der Waals surface area contributed by atoms with E-state index in [2.05, 4.69) is 4.98 Å². The lowest BCUT2D eigenvalue weighted by Crippen LogP contribution is -2.42. The zero-order valence-electron chi connectivity index (χ0n) is 18.6. The smallest absolute Gasteiger partial charge is 0.252 e. The van der Waals surface area contributed by atoms with Gasteiger partial charge in [0, 0.05) is 29.6 Å². The Labute approximate surface area is 192 Å². The quantitative estimate of drug-likeness (QED) is 0.554. The molecule has 0 unspecified atom stereocenters. The summed E-state index contributed by atoms with van der Waals surface area (Å²) in [4.78, 5) is 15.8. The molecule has 176 valence electrons. The van der Waals surface area contributed by atoms with E-state index in [-0.39, 0.29) is 23.0 Å². The summed E-state index contributed by atoms with van der Waals surface area (Å²) < 4.78 is 52.6. The van der Waals surface area contributed by atoms with Crippen LogP contribution < -0.4 is 15.0 Å². The lowest BCUT2D eigenvalue weighted by atomic mass is 9.95. The zero-order chi connectivity index (χ0) is 23.6. The number of nitrogens with one attached hydrogen (secondary N) is 1. The van der Waals surface area contributed by atoms with Crippen molar-refractivity contribution in [1.29, 1.82) is 0 Å². The van der Waals surface area contributed by atoms with Crippen molar-refractivity contribution < 1.29 is 22.3 Å². The molecule has 7 nitrogen and oxygen atoms in total. The van der Waals surface area contributed by atoms with Crippen LogP contribution in [0.25, 0.3) is 10.9 Å². The highest BCUT2D eigenvalue weighted by atomic mass is 32.2. The maximum Gasteiger partial charge on any atom is 0.252 e. The second-order valence-corrected chi connectivity index (χ2v) is 10.1. The van der Waals surface area contributed by atoms with Crippen molar-refractivity contribution in [1.82, 2.24) is 9.29 Å². The molecule has 1 N–H and O–H groups in total. The second-order valence-electron chi connectivity index (χ2n) is 8.21. The number of H-pyrrole nitrogens is 1. The van der Waals surface area contributed by atoms with Crippen molar-refractivity contribution >= 4 is 20.9 Å². The molecule has 33 heavy (non-hydrogen) atoms. The summed E-state index contributed by atoms with van der Waals surface area (Å²) in [6.07, 6.45) is 4.34. The molecule has 1 fully saturated rings. The number of aromatic amines is 1. The first-order valence-corrected chi connectivity index (χ1v) is 12.3. The third kappa shape index (κ3) is 4.74. The molecule has 0 atom stereocenters. The van der Waals surface area contributed by atoms with Crippen molar-refractivity contribution in [3.8, 4) is 11.5 Å². The molecular formula is C24H27FN2O5S. The monoisotopic (exact) mass is 474 g/mol. The summed E-state index contributed by atoms with van der Waals surface area (Å²) in [5.74, 6) is 0.482. The fraction of sp³-hybridized carbons (Fsp3) is 0.375. The fourth-order valence-electron chi connectivity index (χ4n) is 4.38. The Morgan fingerprint density at radius 1 is 1.00 bits per heavy atom. The first-order chi connectivity index (χ1) is 15.8. The highest BCUT2D eigenvalue weighted by Crippen LogP contribution is 2.32. The van der Waals surface area contributed by atoms with Gasteiger partial charge in [0.2, 0.25) is 10.0 Å². The summed E-state index contributed by atoms with van der Waals surface area (Å²) in [7, 11) is -0.903. The number of hydrogen-bond acceptors (Lipinski definition) is 5. The number of aromatic nitrogens is 1. The predicted molar refractivity (Wildman–Crippen MR) is 124 cm³/mol. The number of pyridine rings is 1. The number of sulfonamides is 1. The molecule has 1 aliphatic carbocycles. The van der Waals surface area contributed by atoms with Crippen LogP contribution in [-0.2, 0) is 16.6 Å². The van der Waals surface area contributed by atoms with Crippen LogP contribution in [0.15, 0.2) is 52.2 Å². The lowest BCUT2D eigenvalue weighted by molar-refractivity contribution is 0.247. The first-order valence-electron chi connectivity index (χ1n) is 10.9. The van der Waals surface area contributed by atoms with Crippen LogP contribution in [0.3, 0.4) is 0 Å². The largest absolute Gasteiger partial charge is 0.493 e. The summed E-state index contributed by atoms with van der Waals surface area (Å²) in [6, 6.07) is 9.68. The minimum atomic E-state index is -3.94. The predicted octanol–water partition coefficient (Wildman–Crippen LogP) is 4.21. The number of hydrogen-bond donors (Lipinski definition) is 1. The SMILES string of the molecule is COc1cc2cc(CN(C3CCCCC3)S(=O)(=O)c3ccc(F)cc3)c(=O)[nH]c2cc1OC. The summed E-state index contributed by atoms with van der Waals surface area (Å²) in [6.45, 7) is -0.0794. The lowest BCUT2D eigenvalue weighted by Gasteiger charge is -2.33. The van der Waals surface area contributed by atoms with Gasteiger partial charge in [-0.15, -0.1) is 0 Å². The molecule has 3 aromatic rings. The minimum Gasteiger partial charge on any atom is -0.493 e. The maximum atomic E-state index is 13.6. The molecule has 1 aliphatic rings. The number of rotatable bonds is 7. The van der Waals surface area contributed by atoms with Gasteiger partial charge in [0.15, 0.2) is 11.5 Å². The molecule has 2 aromatic carbocycles. The van der Waals surface area contributed by atoms with Gasteiger partial charge in [-0.2, -0.15) is 4.31 Å². The number of fused-ring (bicyclic) bond motifs is 1. The van der Waals surface area contributed by atoms with Crippen LogP contribution in [0.2, 0.25) is 0 Å². The second kappa shape index (κ2) is 9.52.